The summed E-state index contributed by atoms with van der Waals surface area (Å²) >= 11 is 0. The van der Waals surface area contributed by atoms with Gasteiger partial charge in [0.25, 0.3) is 5.56 Å². The van der Waals surface area contributed by atoms with Crippen LogP contribution in [-0.2, 0) is 4.79 Å². The number of fused-ring (bicyclic) bond motifs is 1. The van der Waals surface area contributed by atoms with Gasteiger partial charge in [0.15, 0.2) is 5.75 Å². The van der Waals surface area contributed by atoms with Crippen LogP contribution in [0.4, 0.5) is 0 Å². The number of hydrogen-bond donors (Lipinski definition) is 1. The van der Waals surface area contributed by atoms with Gasteiger partial charge in [-0.2, -0.15) is 0 Å². The van der Waals surface area contributed by atoms with Crippen LogP contribution in [0.5, 0.6) is 17.2 Å². The molecule has 0 fully saturated rings. The summed E-state index contributed by atoms with van der Waals surface area (Å²) in [6.07, 6.45) is 6.32. The molecular formula is C21H29NO5. The first-order chi connectivity index (χ1) is 13.1. The zero-order chi connectivity index (χ0) is 19.6. The standard InChI is InChI=1S/C21H29NO5/c1-4-6-8-9-13-25-16-10-11-17-18(14-16)22-21(24)20(27-15(3)23)19(17)26-12-7-5-2/h10-11,14H,4-9,12-13H2,1-3H3,(H,22,24). The number of carbonyl (C=O) groups is 1. The maximum Gasteiger partial charge on any atom is 0.308 e. The number of rotatable bonds is 11. The van der Waals surface area contributed by atoms with Gasteiger partial charge in [-0.1, -0.05) is 39.5 Å². The third kappa shape index (κ3) is 6.01. The lowest BCUT2D eigenvalue weighted by molar-refractivity contribution is -0.132. The molecule has 0 saturated heterocycles. The van der Waals surface area contributed by atoms with Crippen molar-refractivity contribution in [1.82, 2.24) is 4.98 Å². The van der Waals surface area contributed by atoms with E-state index in [9.17, 15) is 9.59 Å². The Kier molecular flexibility index (Phi) is 8.17. The average molecular weight is 375 g/mol. The number of benzene rings is 1. The van der Waals surface area contributed by atoms with E-state index in [-0.39, 0.29) is 5.75 Å². The van der Waals surface area contributed by atoms with Gasteiger partial charge in [0.2, 0.25) is 5.75 Å². The fourth-order valence-electron chi connectivity index (χ4n) is 2.74. The predicted octanol–water partition coefficient (Wildman–Crippen LogP) is 4.59. The molecule has 6 nitrogen and oxygen atoms in total. The first kappa shape index (κ1) is 20.8. The van der Waals surface area contributed by atoms with E-state index in [1.165, 1.54) is 19.8 Å². The highest BCUT2D eigenvalue weighted by molar-refractivity contribution is 5.89. The zero-order valence-electron chi connectivity index (χ0n) is 16.4. The Morgan fingerprint density at radius 3 is 2.41 bits per heavy atom. The van der Waals surface area contributed by atoms with Crippen LogP contribution < -0.4 is 19.8 Å². The molecule has 0 aliphatic carbocycles. The number of unbranched alkanes of at least 4 members (excludes halogenated alkanes) is 4. The number of H-pyrrole nitrogens is 1. The molecule has 0 bridgehead atoms. The van der Waals surface area contributed by atoms with Gasteiger partial charge in [0.05, 0.1) is 18.7 Å². The Morgan fingerprint density at radius 1 is 0.963 bits per heavy atom. The van der Waals surface area contributed by atoms with Gasteiger partial charge in [-0.25, -0.2) is 0 Å². The van der Waals surface area contributed by atoms with Crippen molar-refractivity contribution in [2.24, 2.45) is 0 Å². The van der Waals surface area contributed by atoms with Crippen LogP contribution in [0.25, 0.3) is 10.9 Å². The smallest absolute Gasteiger partial charge is 0.308 e. The summed E-state index contributed by atoms with van der Waals surface area (Å²) < 4.78 is 16.7. The van der Waals surface area contributed by atoms with Crippen LogP contribution in [-0.4, -0.2) is 24.2 Å². The van der Waals surface area contributed by atoms with Crippen LogP contribution in [0.15, 0.2) is 23.0 Å². The molecule has 1 aromatic carbocycles. The Labute approximate surface area is 159 Å². The van der Waals surface area contributed by atoms with Crippen molar-refractivity contribution in [3.8, 4) is 17.2 Å². The lowest BCUT2D eigenvalue weighted by Crippen LogP contribution is -2.16. The maximum absolute atomic E-state index is 12.4. The van der Waals surface area contributed by atoms with Crippen molar-refractivity contribution in [1.29, 1.82) is 0 Å². The molecule has 1 aromatic heterocycles. The van der Waals surface area contributed by atoms with Crippen molar-refractivity contribution in [2.45, 2.75) is 59.3 Å². The lowest BCUT2D eigenvalue weighted by Gasteiger charge is -2.14. The molecule has 6 heteroatoms. The second kappa shape index (κ2) is 10.6. The fraction of sp³-hybridized carbons (Fsp3) is 0.524. The first-order valence-corrected chi connectivity index (χ1v) is 9.70. The molecule has 0 amide bonds. The molecule has 1 N–H and O–H groups in total. The van der Waals surface area contributed by atoms with Crippen molar-refractivity contribution in [2.75, 3.05) is 13.2 Å². The molecule has 0 spiro atoms. The fourth-order valence-corrected chi connectivity index (χ4v) is 2.74. The van der Waals surface area contributed by atoms with E-state index in [2.05, 4.69) is 18.8 Å². The van der Waals surface area contributed by atoms with Gasteiger partial charge in [0, 0.05) is 18.4 Å². The van der Waals surface area contributed by atoms with Crippen molar-refractivity contribution in [3.05, 3.63) is 28.6 Å². The quantitative estimate of drug-likeness (QED) is 0.459. The van der Waals surface area contributed by atoms with Gasteiger partial charge >= 0.3 is 5.97 Å². The summed E-state index contributed by atoms with van der Waals surface area (Å²) in [6, 6.07) is 5.44. The van der Waals surface area contributed by atoms with E-state index in [4.69, 9.17) is 14.2 Å². The van der Waals surface area contributed by atoms with Crippen LogP contribution in [0.1, 0.15) is 59.3 Å². The molecule has 0 saturated carbocycles. The van der Waals surface area contributed by atoms with Crippen LogP contribution in [0.3, 0.4) is 0 Å². The number of carbonyl (C=O) groups excluding carboxylic acids is 1. The minimum Gasteiger partial charge on any atom is -0.494 e. The molecule has 2 rings (SSSR count). The minimum atomic E-state index is -0.563. The molecule has 0 aliphatic rings. The topological polar surface area (TPSA) is 77.6 Å². The number of hydrogen-bond acceptors (Lipinski definition) is 5. The highest BCUT2D eigenvalue weighted by atomic mass is 16.6. The monoisotopic (exact) mass is 375 g/mol. The summed E-state index contributed by atoms with van der Waals surface area (Å²) in [5.74, 6) is 0.327. The summed E-state index contributed by atoms with van der Waals surface area (Å²) in [4.78, 5) is 26.5. The van der Waals surface area contributed by atoms with Gasteiger partial charge in [0.1, 0.15) is 5.75 Å². The third-order valence-electron chi connectivity index (χ3n) is 4.15. The molecule has 0 radical (unpaired) electrons. The second-order valence-electron chi connectivity index (χ2n) is 6.52. The molecule has 27 heavy (non-hydrogen) atoms. The Bertz CT molecular complexity index is 812. The number of aromatic amines is 1. The van der Waals surface area contributed by atoms with Crippen LogP contribution >= 0.6 is 0 Å². The van der Waals surface area contributed by atoms with E-state index in [1.807, 2.05) is 12.1 Å². The largest absolute Gasteiger partial charge is 0.494 e. The van der Waals surface area contributed by atoms with Gasteiger partial charge in [-0.15, -0.1) is 0 Å². The number of aromatic nitrogens is 1. The SMILES string of the molecule is CCCCCCOc1ccc2c(OCCCC)c(OC(C)=O)c(=O)[nH]c2c1. The van der Waals surface area contributed by atoms with E-state index >= 15 is 0 Å². The molecular weight excluding hydrogens is 346 g/mol. The molecule has 2 aromatic rings. The predicted molar refractivity (Wildman–Crippen MR) is 106 cm³/mol. The Balaban J connectivity index is 2.29. The molecule has 0 atom stereocenters. The van der Waals surface area contributed by atoms with E-state index in [1.54, 1.807) is 6.07 Å². The van der Waals surface area contributed by atoms with Crippen molar-refractivity contribution < 1.29 is 19.0 Å². The minimum absolute atomic E-state index is 0.0978. The van der Waals surface area contributed by atoms with Crippen LogP contribution in [0.2, 0.25) is 0 Å². The number of pyridine rings is 1. The van der Waals surface area contributed by atoms with Crippen molar-refractivity contribution in [3.63, 3.8) is 0 Å². The highest BCUT2D eigenvalue weighted by Crippen LogP contribution is 2.33. The number of ether oxygens (including phenoxy) is 3. The van der Waals surface area contributed by atoms with Gasteiger partial charge in [-0.3, -0.25) is 9.59 Å². The summed E-state index contributed by atoms with van der Waals surface area (Å²) in [5, 5.41) is 0.681. The normalized spacial score (nSPS) is 10.8. The summed E-state index contributed by atoms with van der Waals surface area (Å²) in [6.45, 7) is 6.57. The highest BCUT2D eigenvalue weighted by Gasteiger charge is 2.18. The third-order valence-corrected chi connectivity index (χ3v) is 4.15. The van der Waals surface area contributed by atoms with E-state index in [0.717, 1.165) is 25.7 Å². The van der Waals surface area contributed by atoms with E-state index in [0.29, 0.717) is 35.6 Å². The van der Waals surface area contributed by atoms with Gasteiger partial charge in [-0.05, 0) is 25.0 Å². The average Bonchev–Trinajstić information content (AvgIpc) is 2.63. The summed E-state index contributed by atoms with van der Waals surface area (Å²) in [5.41, 5.74) is 0.0951. The first-order valence-electron chi connectivity index (χ1n) is 9.70. The Hall–Kier alpha value is -2.50. The maximum atomic E-state index is 12.4. The molecule has 148 valence electrons. The number of nitrogens with one attached hydrogen (secondary N) is 1. The Morgan fingerprint density at radius 2 is 1.70 bits per heavy atom. The second-order valence-corrected chi connectivity index (χ2v) is 6.52. The summed E-state index contributed by atoms with van der Waals surface area (Å²) in [7, 11) is 0. The lowest BCUT2D eigenvalue weighted by atomic mass is 10.2. The van der Waals surface area contributed by atoms with Crippen molar-refractivity contribution >= 4 is 16.9 Å². The molecule has 0 unspecified atom stereocenters. The zero-order valence-corrected chi connectivity index (χ0v) is 16.4. The van der Waals surface area contributed by atoms with Gasteiger partial charge < -0.3 is 19.2 Å². The molecule has 1 heterocycles. The molecule has 0 aliphatic heterocycles. The van der Waals surface area contributed by atoms with Crippen LogP contribution in [0, 0.1) is 0 Å². The number of esters is 1. The van der Waals surface area contributed by atoms with E-state index < -0.39 is 11.5 Å².